The van der Waals surface area contributed by atoms with E-state index in [4.69, 9.17) is 16.3 Å². The fourth-order valence-electron chi connectivity index (χ4n) is 3.49. The number of carbonyl (C=O) groups excluding carboxylic acids is 1. The van der Waals surface area contributed by atoms with Crippen molar-refractivity contribution in [1.82, 2.24) is 5.32 Å². The van der Waals surface area contributed by atoms with E-state index in [1.807, 2.05) is 32.0 Å². The Morgan fingerprint density at radius 2 is 1.87 bits per heavy atom. The number of anilines is 1. The van der Waals surface area contributed by atoms with Gasteiger partial charge >= 0.3 is 0 Å². The quantitative estimate of drug-likeness (QED) is 0.580. The molecule has 2 rings (SSSR count). The molecule has 0 fully saturated rings. The molecule has 2 aromatic rings. The van der Waals surface area contributed by atoms with E-state index in [2.05, 4.69) is 5.32 Å². The summed E-state index contributed by atoms with van der Waals surface area (Å²) in [6.45, 7) is 5.56. The number of rotatable bonds is 9. The first-order valence-corrected chi connectivity index (χ1v) is 12.1. The number of aryl methyl sites for hydroxylation is 1. The van der Waals surface area contributed by atoms with Crippen molar-refractivity contribution < 1.29 is 22.3 Å². The molecule has 0 aliphatic heterocycles. The third-order valence-corrected chi connectivity index (χ3v) is 6.50. The maximum absolute atomic E-state index is 13.6. The molecule has 0 aliphatic rings. The van der Waals surface area contributed by atoms with Gasteiger partial charge < -0.3 is 10.1 Å². The minimum Gasteiger partial charge on any atom is -0.496 e. The lowest BCUT2D eigenvalue weighted by Gasteiger charge is -2.31. The summed E-state index contributed by atoms with van der Waals surface area (Å²) in [5.41, 5.74) is 1.95. The van der Waals surface area contributed by atoms with Crippen LogP contribution in [0.15, 0.2) is 36.4 Å². The fraction of sp³-hybridized carbons (Fsp3) is 0.409. The average molecular weight is 471 g/mol. The number of benzene rings is 2. The summed E-state index contributed by atoms with van der Waals surface area (Å²) < 4.78 is 45.0. The zero-order valence-corrected chi connectivity index (χ0v) is 19.8. The predicted molar refractivity (Wildman–Crippen MR) is 122 cm³/mol. The molecule has 9 heteroatoms. The van der Waals surface area contributed by atoms with Gasteiger partial charge in [-0.15, -0.1) is 0 Å². The molecule has 31 heavy (non-hydrogen) atoms. The van der Waals surface area contributed by atoms with Crippen molar-refractivity contribution >= 4 is 33.2 Å². The van der Waals surface area contributed by atoms with Crippen molar-refractivity contribution in [2.24, 2.45) is 0 Å². The molecule has 0 radical (unpaired) electrons. The van der Waals surface area contributed by atoms with Crippen molar-refractivity contribution in [3.05, 3.63) is 58.4 Å². The first-order chi connectivity index (χ1) is 14.5. The fourth-order valence-corrected chi connectivity index (χ4v) is 4.87. The third-order valence-electron chi connectivity index (χ3n) is 5.03. The molecule has 0 saturated carbocycles. The smallest absolute Gasteiger partial charge is 0.244 e. The number of nitrogens with one attached hydrogen (secondary N) is 1. The second kappa shape index (κ2) is 10.3. The summed E-state index contributed by atoms with van der Waals surface area (Å²) in [7, 11) is -2.26. The number of hydrogen-bond donors (Lipinski definition) is 1. The zero-order valence-electron chi connectivity index (χ0n) is 18.3. The van der Waals surface area contributed by atoms with Crippen molar-refractivity contribution in [3.8, 4) is 5.75 Å². The largest absolute Gasteiger partial charge is 0.496 e. The van der Waals surface area contributed by atoms with Gasteiger partial charge in [-0.1, -0.05) is 37.6 Å². The van der Waals surface area contributed by atoms with Crippen LogP contribution in [0.1, 0.15) is 43.9 Å². The summed E-state index contributed by atoms with van der Waals surface area (Å²) in [5.74, 6) is -0.376. The van der Waals surface area contributed by atoms with E-state index in [1.165, 1.54) is 12.1 Å². The van der Waals surface area contributed by atoms with Crippen LogP contribution in [0.3, 0.4) is 0 Å². The molecule has 2 atom stereocenters. The Balaban J connectivity index is 2.38. The number of sulfonamides is 1. The Bertz CT molecular complexity index is 1050. The van der Waals surface area contributed by atoms with Gasteiger partial charge in [0, 0.05) is 0 Å². The number of nitrogens with zero attached hydrogens (tertiary/aromatic N) is 1. The monoisotopic (exact) mass is 470 g/mol. The van der Waals surface area contributed by atoms with E-state index in [0.717, 1.165) is 33.5 Å². The van der Waals surface area contributed by atoms with Gasteiger partial charge in [0.2, 0.25) is 15.9 Å². The number of hydrogen-bond acceptors (Lipinski definition) is 4. The first kappa shape index (κ1) is 24.9. The summed E-state index contributed by atoms with van der Waals surface area (Å²) in [4.78, 5) is 13.2. The Labute approximate surface area is 188 Å². The molecule has 1 amide bonds. The van der Waals surface area contributed by atoms with Crippen LogP contribution in [0, 0.1) is 12.7 Å². The molecular formula is C22H28ClFN2O4S. The van der Waals surface area contributed by atoms with E-state index in [9.17, 15) is 17.6 Å². The van der Waals surface area contributed by atoms with Crippen LogP contribution in [0.4, 0.5) is 10.1 Å². The molecule has 170 valence electrons. The molecule has 0 heterocycles. The Hall–Kier alpha value is -2.32. The number of methoxy groups -OCH3 is 1. The number of halogens is 2. The highest BCUT2D eigenvalue weighted by Gasteiger charge is 2.33. The van der Waals surface area contributed by atoms with E-state index in [-0.39, 0.29) is 23.2 Å². The Morgan fingerprint density at radius 3 is 2.35 bits per heavy atom. The summed E-state index contributed by atoms with van der Waals surface area (Å²) in [5, 5.41) is 2.73. The standard InChI is InChI=1S/C22H28ClFN2O4S/c1-6-19(15-8-11-21(30-4)14(3)12-15)25-22(27)20(7-2)26(31(5,28)29)16-9-10-18(24)17(23)13-16/h8-13,19-20H,6-7H2,1-5H3,(H,25,27). The van der Waals surface area contributed by atoms with Gasteiger partial charge in [0.15, 0.2) is 0 Å². The van der Waals surface area contributed by atoms with E-state index in [0.29, 0.717) is 6.42 Å². The number of amides is 1. The minimum atomic E-state index is -3.85. The normalized spacial score (nSPS) is 13.4. The van der Waals surface area contributed by atoms with Gasteiger partial charge in [0.25, 0.3) is 0 Å². The molecule has 6 nitrogen and oxygen atoms in total. The summed E-state index contributed by atoms with van der Waals surface area (Å²) in [6, 6.07) is 7.88. The first-order valence-electron chi connectivity index (χ1n) is 9.92. The molecule has 0 spiro atoms. The van der Waals surface area contributed by atoms with Crippen molar-refractivity contribution in [2.45, 2.75) is 45.7 Å². The Kier molecular flexibility index (Phi) is 8.31. The van der Waals surface area contributed by atoms with Gasteiger partial charge in [-0.2, -0.15) is 0 Å². The van der Waals surface area contributed by atoms with Crippen molar-refractivity contribution in [2.75, 3.05) is 17.7 Å². The SMILES string of the molecule is CCC(NC(=O)C(CC)N(c1ccc(F)c(Cl)c1)S(C)(=O)=O)c1ccc(OC)c(C)c1. The zero-order chi connectivity index (χ0) is 23.3. The second-order valence-electron chi connectivity index (χ2n) is 7.28. The molecule has 2 aromatic carbocycles. The molecule has 0 saturated heterocycles. The highest BCUT2D eigenvalue weighted by Crippen LogP contribution is 2.29. The number of ether oxygens (including phenoxy) is 1. The highest BCUT2D eigenvalue weighted by molar-refractivity contribution is 7.92. The van der Waals surface area contributed by atoms with Crippen LogP contribution in [0.2, 0.25) is 5.02 Å². The van der Waals surface area contributed by atoms with Gasteiger partial charge in [-0.25, -0.2) is 12.8 Å². The second-order valence-corrected chi connectivity index (χ2v) is 9.55. The predicted octanol–water partition coefficient (Wildman–Crippen LogP) is 4.61. The van der Waals surface area contributed by atoms with Gasteiger partial charge in [0.05, 0.1) is 30.1 Å². The topological polar surface area (TPSA) is 75.7 Å². The maximum atomic E-state index is 13.6. The van der Waals surface area contributed by atoms with Crippen LogP contribution in [0.5, 0.6) is 5.75 Å². The Morgan fingerprint density at radius 1 is 1.19 bits per heavy atom. The van der Waals surface area contributed by atoms with Crippen LogP contribution >= 0.6 is 11.6 Å². The maximum Gasteiger partial charge on any atom is 0.244 e. The van der Waals surface area contributed by atoms with Crippen LogP contribution in [0.25, 0.3) is 0 Å². The van der Waals surface area contributed by atoms with Crippen molar-refractivity contribution in [3.63, 3.8) is 0 Å². The molecule has 0 bridgehead atoms. The molecular weight excluding hydrogens is 443 g/mol. The minimum absolute atomic E-state index is 0.129. The molecule has 0 aliphatic carbocycles. The van der Waals surface area contributed by atoms with E-state index >= 15 is 0 Å². The third kappa shape index (κ3) is 5.89. The average Bonchev–Trinajstić information content (AvgIpc) is 2.71. The highest BCUT2D eigenvalue weighted by atomic mass is 35.5. The van der Waals surface area contributed by atoms with E-state index < -0.39 is 27.8 Å². The summed E-state index contributed by atoms with van der Waals surface area (Å²) >= 11 is 5.85. The van der Waals surface area contributed by atoms with Gasteiger partial charge in [-0.3, -0.25) is 9.10 Å². The van der Waals surface area contributed by atoms with Crippen LogP contribution in [-0.4, -0.2) is 33.7 Å². The number of carbonyl (C=O) groups is 1. The molecule has 0 aromatic heterocycles. The lowest BCUT2D eigenvalue weighted by Crippen LogP contribution is -2.50. The van der Waals surface area contributed by atoms with Crippen LogP contribution in [-0.2, 0) is 14.8 Å². The van der Waals surface area contributed by atoms with Crippen LogP contribution < -0.4 is 14.4 Å². The van der Waals surface area contributed by atoms with Crippen molar-refractivity contribution in [1.29, 1.82) is 0 Å². The lowest BCUT2D eigenvalue weighted by molar-refractivity contribution is -0.123. The van der Waals surface area contributed by atoms with Gasteiger partial charge in [0.1, 0.15) is 17.6 Å². The van der Waals surface area contributed by atoms with Gasteiger partial charge in [-0.05, 0) is 55.2 Å². The lowest BCUT2D eigenvalue weighted by atomic mass is 10.0. The molecule has 2 unspecified atom stereocenters. The summed E-state index contributed by atoms with van der Waals surface area (Å²) in [6.07, 6.45) is 1.82. The van der Waals surface area contributed by atoms with E-state index in [1.54, 1.807) is 14.0 Å². The molecule has 1 N–H and O–H groups in total.